The van der Waals surface area contributed by atoms with Gasteiger partial charge in [-0.3, -0.25) is 14.7 Å². The van der Waals surface area contributed by atoms with Gasteiger partial charge in [0.05, 0.1) is 6.54 Å². The van der Waals surface area contributed by atoms with E-state index < -0.39 is 0 Å². The van der Waals surface area contributed by atoms with Crippen molar-refractivity contribution in [2.45, 2.75) is 12.8 Å². The van der Waals surface area contributed by atoms with Crippen molar-refractivity contribution in [3.8, 4) is 0 Å². The molecular weight excluding hydrogens is 310 g/mol. The van der Waals surface area contributed by atoms with Crippen LogP contribution in [0, 0.1) is 0 Å². The molecule has 0 saturated carbocycles. The fourth-order valence-corrected chi connectivity index (χ4v) is 2.37. The van der Waals surface area contributed by atoms with Gasteiger partial charge >= 0.3 is 0 Å². The van der Waals surface area contributed by atoms with Gasteiger partial charge in [0.1, 0.15) is 0 Å². The molecule has 5 heteroatoms. The number of aromatic nitrogens is 1. The Morgan fingerprint density at radius 1 is 1.09 bits per heavy atom. The van der Waals surface area contributed by atoms with Gasteiger partial charge in [0.2, 0.25) is 5.91 Å². The number of carbonyl (C=O) groups is 1. The maximum Gasteiger partial charge on any atom is 0.234 e. The molecule has 2 aromatic rings. The van der Waals surface area contributed by atoms with Crippen LogP contribution in [0.3, 0.4) is 0 Å². The summed E-state index contributed by atoms with van der Waals surface area (Å²) < 4.78 is 0. The largest absolute Gasteiger partial charge is 0.355 e. The average molecular weight is 332 g/mol. The lowest BCUT2D eigenvalue weighted by molar-refractivity contribution is -0.121. The number of halogens is 1. The first-order valence-electron chi connectivity index (χ1n) is 7.72. The van der Waals surface area contributed by atoms with Crippen LogP contribution in [-0.4, -0.2) is 42.5 Å². The maximum absolute atomic E-state index is 11.9. The lowest BCUT2D eigenvalue weighted by Gasteiger charge is -2.16. The van der Waals surface area contributed by atoms with Gasteiger partial charge in [-0.05, 0) is 55.3 Å². The van der Waals surface area contributed by atoms with Crippen LogP contribution in [0.5, 0.6) is 0 Å². The van der Waals surface area contributed by atoms with Crippen LogP contribution in [0.25, 0.3) is 0 Å². The van der Waals surface area contributed by atoms with E-state index in [9.17, 15) is 4.79 Å². The van der Waals surface area contributed by atoms with E-state index in [1.807, 2.05) is 48.3 Å². The topological polar surface area (TPSA) is 45.2 Å². The smallest absolute Gasteiger partial charge is 0.234 e. The zero-order chi connectivity index (χ0) is 16.5. The summed E-state index contributed by atoms with van der Waals surface area (Å²) in [5, 5.41) is 3.68. The highest BCUT2D eigenvalue weighted by Crippen LogP contribution is 2.09. The number of hydrogen-bond donors (Lipinski definition) is 1. The molecule has 1 aromatic heterocycles. The predicted molar refractivity (Wildman–Crippen MR) is 93.6 cm³/mol. The molecule has 4 nitrogen and oxygen atoms in total. The minimum atomic E-state index is 0.0520. The second-order valence-electron chi connectivity index (χ2n) is 5.57. The molecule has 0 spiro atoms. The summed E-state index contributed by atoms with van der Waals surface area (Å²) in [6.07, 6.45) is 5.30. The molecule has 0 radical (unpaired) electrons. The number of nitrogens with zero attached hydrogens (tertiary/aromatic N) is 2. The Kier molecular flexibility index (Phi) is 7.04. The Morgan fingerprint density at radius 3 is 2.43 bits per heavy atom. The molecule has 1 amide bonds. The van der Waals surface area contributed by atoms with E-state index in [2.05, 4.69) is 10.3 Å². The summed E-state index contributed by atoms with van der Waals surface area (Å²) in [5.41, 5.74) is 2.40. The van der Waals surface area contributed by atoms with Crippen molar-refractivity contribution in [2.75, 3.05) is 26.7 Å². The van der Waals surface area contributed by atoms with E-state index >= 15 is 0 Å². The van der Waals surface area contributed by atoms with Gasteiger partial charge < -0.3 is 5.32 Å². The van der Waals surface area contributed by atoms with Gasteiger partial charge in [0.15, 0.2) is 0 Å². The van der Waals surface area contributed by atoms with Crippen LogP contribution in [-0.2, 0) is 17.6 Å². The van der Waals surface area contributed by atoms with E-state index in [1.54, 1.807) is 12.4 Å². The maximum atomic E-state index is 11.9. The van der Waals surface area contributed by atoms with Crippen molar-refractivity contribution in [3.05, 3.63) is 64.9 Å². The Hall–Kier alpha value is -1.91. The van der Waals surface area contributed by atoms with Gasteiger partial charge in [-0.2, -0.15) is 0 Å². The zero-order valence-corrected chi connectivity index (χ0v) is 14.1. The van der Waals surface area contributed by atoms with Crippen molar-refractivity contribution in [1.82, 2.24) is 15.2 Å². The van der Waals surface area contributed by atoms with Crippen LogP contribution < -0.4 is 5.32 Å². The number of hydrogen-bond acceptors (Lipinski definition) is 3. The summed E-state index contributed by atoms with van der Waals surface area (Å²) in [7, 11) is 1.96. The number of amides is 1. The van der Waals surface area contributed by atoms with Crippen LogP contribution in [0.4, 0.5) is 0 Å². The molecule has 122 valence electrons. The average Bonchev–Trinajstić information content (AvgIpc) is 2.56. The Labute approximate surface area is 142 Å². The van der Waals surface area contributed by atoms with E-state index in [-0.39, 0.29) is 5.91 Å². The predicted octanol–water partition coefficient (Wildman–Crippen LogP) is 2.57. The van der Waals surface area contributed by atoms with E-state index in [1.165, 1.54) is 11.1 Å². The van der Waals surface area contributed by atoms with E-state index in [0.717, 1.165) is 24.4 Å². The number of carbonyl (C=O) groups excluding carboxylic acids is 1. The summed E-state index contributed by atoms with van der Waals surface area (Å²) in [6.45, 7) is 1.89. The van der Waals surface area contributed by atoms with Gasteiger partial charge in [0, 0.05) is 30.5 Å². The Bertz CT molecular complexity index is 601. The standard InChI is InChI=1S/C18H22ClN3O/c1-22(13-9-16-6-10-20-11-7-16)14-18(23)21-12-8-15-2-4-17(19)5-3-15/h2-7,10-11H,8-9,12-14H2,1H3,(H,21,23). The molecule has 1 heterocycles. The highest BCUT2D eigenvalue weighted by atomic mass is 35.5. The number of nitrogens with one attached hydrogen (secondary N) is 1. The van der Waals surface area contributed by atoms with Crippen molar-refractivity contribution >= 4 is 17.5 Å². The first kappa shape index (κ1) is 17.4. The van der Waals surface area contributed by atoms with E-state index in [4.69, 9.17) is 11.6 Å². The highest BCUT2D eigenvalue weighted by molar-refractivity contribution is 6.30. The zero-order valence-electron chi connectivity index (χ0n) is 13.3. The lowest BCUT2D eigenvalue weighted by Crippen LogP contribution is -2.36. The summed E-state index contributed by atoms with van der Waals surface area (Å²) in [6, 6.07) is 11.7. The summed E-state index contributed by atoms with van der Waals surface area (Å²) in [4.78, 5) is 18.0. The van der Waals surface area contributed by atoms with Gasteiger partial charge in [-0.15, -0.1) is 0 Å². The first-order valence-corrected chi connectivity index (χ1v) is 8.10. The number of benzene rings is 1. The normalized spacial score (nSPS) is 10.7. The monoisotopic (exact) mass is 331 g/mol. The molecule has 0 fully saturated rings. The molecule has 2 rings (SSSR count). The third kappa shape index (κ3) is 6.80. The first-order chi connectivity index (χ1) is 11.1. The minimum Gasteiger partial charge on any atom is -0.355 e. The van der Waals surface area contributed by atoms with Crippen LogP contribution >= 0.6 is 11.6 Å². The van der Waals surface area contributed by atoms with Gasteiger partial charge in [0.25, 0.3) is 0 Å². The molecule has 0 aliphatic carbocycles. The minimum absolute atomic E-state index is 0.0520. The quantitative estimate of drug-likeness (QED) is 0.808. The van der Waals surface area contributed by atoms with Crippen LogP contribution in [0.2, 0.25) is 5.02 Å². The second kappa shape index (κ2) is 9.28. The number of likely N-dealkylation sites (N-methyl/N-ethyl adjacent to an activating group) is 1. The molecule has 0 saturated heterocycles. The molecule has 0 bridgehead atoms. The molecule has 1 N–H and O–H groups in total. The number of pyridine rings is 1. The van der Waals surface area contributed by atoms with Crippen LogP contribution in [0.15, 0.2) is 48.8 Å². The Morgan fingerprint density at radius 2 is 1.74 bits per heavy atom. The lowest BCUT2D eigenvalue weighted by atomic mass is 10.1. The Balaban J connectivity index is 1.63. The van der Waals surface area contributed by atoms with E-state index in [0.29, 0.717) is 13.1 Å². The third-order valence-electron chi connectivity index (χ3n) is 3.59. The van der Waals surface area contributed by atoms with Crippen molar-refractivity contribution < 1.29 is 4.79 Å². The highest BCUT2D eigenvalue weighted by Gasteiger charge is 2.06. The summed E-state index contributed by atoms with van der Waals surface area (Å²) in [5.74, 6) is 0.0520. The third-order valence-corrected chi connectivity index (χ3v) is 3.85. The molecule has 0 aliphatic rings. The SMILES string of the molecule is CN(CCc1ccncc1)CC(=O)NCCc1ccc(Cl)cc1. The molecule has 0 atom stereocenters. The fraction of sp³-hybridized carbons (Fsp3) is 0.333. The molecule has 0 unspecified atom stereocenters. The van der Waals surface area contributed by atoms with Gasteiger partial charge in [-0.25, -0.2) is 0 Å². The fourth-order valence-electron chi connectivity index (χ4n) is 2.25. The van der Waals surface area contributed by atoms with Crippen molar-refractivity contribution in [1.29, 1.82) is 0 Å². The van der Waals surface area contributed by atoms with Crippen molar-refractivity contribution in [2.24, 2.45) is 0 Å². The molecular formula is C18H22ClN3O. The number of rotatable bonds is 8. The molecule has 1 aromatic carbocycles. The molecule has 0 aliphatic heterocycles. The van der Waals surface area contributed by atoms with Crippen molar-refractivity contribution in [3.63, 3.8) is 0 Å². The van der Waals surface area contributed by atoms with Gasteiger partial charge in [-0.1, -0.05) is 23.7 Å². The second-order valence-corrected chi connectivity index (χ2v) is 6.01. The summed E-state index contributed by atoms with van der Waals surface area (Å²) >= 11 is 5.85. The van der Waals surface area contributed by atoms with Crippen LogP contribution in [0.1, 0.15) is 11.1 Å². The molecule has 23 heavy (non-hydrogen) atoms.